The highest BCUT2D eigenvalue weighted by Gasteiger charge is 2.30. The number of hydrogen-bond donors (Lipinski definition) is 0. The third-order valence-corrected chi connectivity index (χ3v) is 6.97. The maximum atomic E-state index is 13.3. The Balaban J connectivity index is 1.30. The molecule has 1 aromatic carbocycles. The van der Waals surface area contributed by atoms with E-state index in [1.165, 1.54) is 18.6 Å². The first-order valence-corrected chi connectivity index (χ1v) is 12.3. The first kappa shape index (κ1) is 24.6. The molecule has 0 unspecified atom stereocenters. The van der Waals surface area contributed by atoms with Crippen molar-refractivity contribution in [2.45, 2.75) is 57.5 Å². The summed E-state index contributed by atoms with van der Waals surface area (Å²) in [6.45, 7) is 1.43. The molecular formula is C27H31FN4O3. The van der Waals surface area contributed by atoms with Crippen molar-refractivity contribution in [3.8, 4) is 6.07 Å². The predicted octanol–water partition coefficient (Wildman–Crippen LogP) is 4.21. The zero-order valence-electron chi connectivity index (χ0n) is 19.9. The lowest BCUT2D eigenvalue weighted by Crippen LogP contribution is -2.43. The molecule has 2 heterocycles. The molecule has 2 fully saturated rings. The Hall–Kier alpha value is -3.47. The zero-order chi connectivity index (χ0) is 24.6. The number of carbonyl (C=O) groups excluding carboxylic acids is 2. The molecule has 0 atom stereocenters. The van der Waals surface area contributed by atoms with Crippen LogP contribution in [0.15, 0.2) is 42.6 Å². The van der Waals surface area contributed by atoms with Crippen molar-refractivity contribution in [2.24, 2.45) is 5.92 Å². The van der Waals surface area contributed by atoms with Gasteiger partial charge in [0.05, 0.1) is 11.5 Å². The van der Waals surface area contributed by atoms with Gasteiger partial charge in [0.15, 0.2) is 6.61 Å². The van der Waals surface area contributed by atoms with E-state index in [1.54, 1.807) is 29.3 Å². The number of halogens is 1. The van der Waals surface area contributed by atoms with Crippen LogP contribution in [0.3, 0.4) is 0 Å². The van der Waals surface area contributed by atoms with E-state index >= 15 is 0 Å². The molecule has 2 aromatic rings. The molecule has 0 bridgehead atoms. The highest BCUT2D eigenvalue weighted by molar-refractivity contribution is 5.81. The molecule has 1 aliphatic carbocycles. The molecule has 2 aliphatic rings. The van der Waals surface area contributed by atoms with Gasteiger partial charge in [0.2, 0.25) is 0 Å². The third-order valence-electron chi connectivity index (χ3n) is 6.97. The Morgan fingerprint density at radius 3 is 2.40 bits per heavy atom. The summed E-state index contributed by atoms with van der Waals surface area (Å²) in [6, 6.07) is 11.9. The smallest absolute Gasteiger partial charge is 0.309 e. The highest BCUT2D eigenvalue weighted by Crippen LogP contribution is 2.26. The Morgan fingerprint density at radius 1 is 1.06 bits per heavy atom. The monoisotopic (exact) mass is 478 g/mol. The van der Waals surface area contributed by atoms with E-state index < -0.39 is 0 Å². The van der Waals surface area contributed by atoms with Crippen molar-refractivity contribution in [2.75, 3.05) is 24.6 Å². The molecule has 0 spiro atoms. The average molecular weight is 479 g/mol. The number of piperidine rings is 1. The number of anilines is 1. The van der Waals surface area contributed by atoms with E-state index in [1.807, 2.05) is 6.07 Å². The maximum Gasteiger partial charge on any atom is 0.309 e. The molecule has 1 saturated heterocycles. The zero-order valence-corrected chi connectivity index (χ0v) is 19.9. The number of amides is 1. The summed E-state index contributed by atoms with van der Waals surface area (Å²) in [5, 5.41) is 8.92. The van der Waals surface area contributed by atoms with Crippen LogP contribution >= 0.6 is 0 Å². The van der Waals surface area contributed by atoms with E-state index in [9.17, 15) is 14.0 Å². The Bertz CT molecular complexity index is 1040. The molecule has 1 saturated carbocycles. The minimum Gasteiger partial charge on any atom is -0.455 e. The minimum atomic E-state index is -0.337. The second-order valence-electron chi connectivity index (χ2n) is 9.33. The van der Waals surface area contributed by atoms with Crippen LogP contribution in [-0.4, -0.2) is 47.5 Å². The molecule has 7 nitrogen and oxygen atoms in total. The maximum absolute atomic E-state index is 13.3. The van der Waals surface area contributed by atoms with Gasteiger partial charge in [-0.1, -0.05) is 31.4 Å². The Kier molecular flexibility index (Phi) is 8.30. The normalized spacial score (nSPS) is 17.0. The van der Waals surface area contributed by atoms with E-state index in [0.29, 0.717) is 38.0 Å². The van der Waals surface area contributed by atoms with Crippen molar-refractivity contribution < 1.29 is 18.7 Å². The Morgan fingerprint density at radius 2 is 1.77 bits per heavy atom. The van der Waals surface area contributed by atoms with E-state index in [-0.39, 0.29) is 36.3 Å². The van der Waals surface area contributed by atoms with Crippen LogP contribution in [0.2, 0.25) is 0 Å². The number of hydrogen-bond acceptors (Lipinski definition) is 6. The average Bonchev–Trinajstić information content (AvgIpc) is 2.92. The number of pyridine rings is 1. The van der Waals surface area contributed by atoms with Gasteiger partial charge in [-0.2, -0.15) is 5.26 Å². The number of benzene rings is 1. The van der Waals surface area contributed by atoms with Crippen LogP contribution in [0, 0.1) is 23.1 Å². The second kappa shape index (κ2) is 11.8. The summed E-state index contributed by atoms with van der Waals surface area (Å²) >= 11 is 0. The summed E-state index contributed by atoms with van der Waals surface area (Å²) in [5.41, 5.74) is 1.37. The number of carbonyl (C=O) groups is 2. The number of rotatable bonds is 7. The molecule has 1 aromatic heterocycles. The van der Waals surface area contributed by atoms with Gasteiger partial charge in [0.1, 0.15) is 17.7 Å². The van der Waals surface area contributed by atoms with E-state index in [4.69, 9.17) is 10.00 Å². The quantitative estimate of drug-likeness (QED) is 0.554. The van der Waals surface area contributed by atoms with Gasteiger partial charge >= 0.3 is 5.97 Å². The third kappa shape index (κ3) is 6.56. The molecule has 4 rings (SSSR count). The lowest BCUT2D eigenvalue weighted by atomic mass is 9.93. The number of esters is 1. The number of nitriles is 1. The first-order valence-electron chi connectivity index (χ1n) is 12.3. The first-order chi connectivity index (χ1) is 17.0. The minimum absolute atomic E-state index is 0.114. The molecule has 1 amide bonds. The van der Waals surface area contributed by atoms with Gasteiger partial charge < -0.3 is 14.5 Å². The van der Waals surface area contributed by atoms with Gasteiger partial charge in [-0.3, -0.25) is 9.59 Å². The van der Waals surface area contributed by atoms with Crippen molar-refractivity contribution in [3.05, 3.63) is 59.5 Å². The van der Waals surface area contributed by atoms with Crippen LogP contribution in [0.4, 0.5) is 10.2 Å². The lowest BCUT2D eigenvalue weighted by molar-refractivity contribution is -0.157. The van der Waals surface area contributed by atoms with Crippen molar-refractivity contribution in [3.63, 3.8) is 0 Å². The van der Waals surface area contributed by atoms with Gasteiger partial charge in [-0.05, 0) is 55.5 Å². The molecule has 0 N–H and O–H groups in total. The van der Waals surface area contributed by atoms with E-state index in [0.717, 1.165) is 37.1 Å². The highest BCUT2D eigenvalue weighted by atomic mass is 19.1. The van der Waals surface area contributed by atoms with Crippen LogP contribution in [0.25, 0.3) is 0 Å². The van der Waals surface area contributed by atoms with Crippen LogP contribution < -0.4 is 4.90 Å². The largest absolute Gasteiger partial charge is 0.455 e. The van der Waals surface area contributed by atoms with Gasteiger partial charge in [0.25, 0.3) is 5.91 Å². The van der Waals surface area contributed by atoms with Gasteiger partial charge in [0, 0.05) is 31.9 Å². The number of aromatic nitrogens is 1. The standard InChI is InChI=1S/C27H31FN4O3/c28-23-9-6-20(7-10-23)18-32(24-4-2-1-3-5-24)26(33)19-35-27(34)22-12-14-31(15-13-22)25-11-8-21(16-29)17-30-25/h6-11,17,22,24H,1-5,12-15,18-19H2. The molecule has 1 aliphatic heterocycles. The van der Waals surface area contributed by atoms with Crippen LogP contribution in [-0.2, 0) is 20.9 Å². The fourth-order valence-corrected chi connectivity index (χ4v) is 4.92. The SMILES string of the molecule is N#Cc1ccc(N2CCC(C(=O)OCC(=O)N(Cc3ccc(F)cc3)C3CCCCC3)CC2)nc1. The lowest BCUT2D eigenvalue weighted by Gasteiger charge is -2.35. The number of nitrogens with zero attached hydrogens (tertiary/aromatic N) is 4. The fraction of sp³-hybridized carbons (Fsp3) is 0.481. The molecule has 35 heavy (non-hydrogen) atoms. The topological polar surface area (TPSA) is 86.5 Å². The summed E-state index contributed by atoms with van der Waals surface area (Å²) in [5.74, 6) is -0.309. The fourth-order valence-electron chi connectivity index (χ4n) is 4.92. The van der Waals surface area contributed by atoms with Crippen molar-refractivity contribution in [1.29, 1.82) is 5.26 Å². The summed E-state index contributed by atoms with van der Waals surface area (Å²) < 4.78 is 18.8. The van der Waals surface area contributed by atoms with E-state index in [2.05, 4.69) is 16.0 Å². The van der Waals surface area contributed by atoms with Crippen LogP contribution in [0.5, 0.6) is 0 Å². The molecule has 184 valence electrons. The van der Waals surface area contributed by atoms with Crippen LogP contribution in [0.1, 0.15) is 56.1 Å². The molecule has 0 radical (unpaired) electrons. The van der Waals surface area contributed by atoms with Crippen molar-refractivity contribution in [1.82, 2.24) is 9.88 Å². The second-order valence-corrected chi connectivity index (χ2v) is 9.33. The van der Waals surface area contributed by atoms with Crippen molar-refractivity contribution >= 4 is 17.7 Å². The predicted molar refractivity (Wildman–Crippen MR) is 129 cm³/mol. The summed E-state index contributed by atoms with van der Waals surface area (Å²) in [7, 11) is 0. The number of ether oxygens (including phenoxy) is 1. The molecule has 8 heteroatoms. The van der Waals surface area contributed by atoms with Gasteiger partial charge in [-0.15, -0.1) is 0 Å². The van der Waals surface area contributed by atoms with Gasteiger partial charge in [-0.25, -0.2) is 9.37 Å². The Labute approximate surface area is 205 Å². The summed E-state index contributed by atoms with van der Waals surface area (Å²) in [6.07, 6.45) is 7.97. The molecular weight excluding hydrogens is 447 g/mol. The summed E-state index contributed by atoms with van der Waals surface area (Å²) in [4.78, 5) is 34.1.